The van der Waals surface area contributed by atoms with Crippen molar-refractivity contribution in [2.45, 2.75) is 6.92 Å². The van der Waals surface area contributed by atoms with Gasteiger partial charge in [-0.2, -0.15) is 5.10 Å². The molecule has 0 bridgehead atoms. The first-order valence-electron chi connectivity index (χ1n) is 7.49. The van der Waals surface area contributed by atoms with Gasteiger partial charge in [0.25, 0.3) is 5.91 Å². The highest BCUT2D eigenvalue weighted by Gasteiger charge is 2.20. The number of nitrogens with zero attached hydrogens (tertiary/aromatic N) is 2. The molecule has 0 aromatic heterocycles. The van der Waals surface area contributed by atoms with E-state index < -0.39 is 15.9 Å². The fraction of sp³-hybridized carbons (Fsp3) is 0.176. The maximum absolute atomic E-state index is 12.2. The number of halogens is 2. The van der Waals surface area contributed by atoms with E-state index in [0.29, 0.717) is 16.4 Å². The minimum absolute atomic E-state index is 0.377. The second-order valence-electron chi connectivity index (χ2n) is 5.49. The Kier molecular flexibility index (Phi) is 6.80. The van der Waals surface area contributed by atoms with Crippen LogP contribution in [-0.2, 0) is 14.8 Å². The molecule has 1 amide bonds. The van der Waals surface area contributed by atoms with Gasteiger partial charge in [-0.25, -0.2) is 13.8 Å². The Morgan fingerprint density at radius 3 is 2.27 bits per heavy atom. The third kappa shape index (κ3) is 5.82. The highest BCUT2D eigenvalue weighted by molar-refractivity contribution is 9.10. The van der Waals surface area contributed by atoms with Crippen molar-refractivity contribution < 1.29 is 13.2 Å². The Labute approximate surface area is 166 Å². The summed E-state index contributed by atoms with van der Waals surface area (Å²) in [7, 11) is -3.63. The molecule has 26 heavy (non-hydrogen) atoms. The number of benzene rings is 2. The van der Waals surface area contributed by atoms with Crippen molar-refractivity contribution in [3.05, 3.63) is 63.6 Å². The molecule has 2 rings (SSSR count). The zero-order valence-electron chi connectivity index (χ0n) is 14.1. The molecule has 0 fully saturated rings. The van der Waals surface area contributed by atoms with Crippen molar-refractivity contribution in [3.63, 3.8) is 0 Å². The molecule has 0 spiro atoms. The molecule has 9 heteroatoms. The van der Waals surface area contributed by atoms with Gasteiger partial charge in [-0.15, -0.1) is 0 Å². The number of carbonyl (C=O) groups excluding carboxylic acids is 1. The van der Waals surface area contributed by atoms with Crippen molar-refractivity contribution in [3.8, 4) is 0 Å². The van der Waals surface area contributed by atoms with E-state index in [1.807, 2.05) is 0 Å². The molecule has 0 unspecified atom stereocenters. The molecule has 138 valence electrons. The Morgan fingerprint density at radius 2 is 1.73 bits per heavy atom. The van der Waals surface area contributed by atoms with E-state index in [4.69, 9.17) is 11.6 Å². The Balaban J connectivity index is 2.11. The van der Waals surface area contributed by atoms with Crippen LogP contribution < -0.4 is 9.73 Å². The highest BCUT2D eigenvalue weighted by atomic mass is 79.9. The van der Waals surface area contributed by atoms with Crippen molar-refractivity contribution >= 4 is 54.9 Å². The van der Waals surface area contributed by atoms with Gasteiger partial charge in [0.2, 0.25) is 10.0 Å². The molecule has 0 heterocycles. The van der Waals surface area contributed by atoms with Gasteiger partial charge in [0.15, 0.2) is 0 Å². The Hall–Kier alpha value is -1.90. The standard InChI is InChI=1S/C17H17BrClN3O3S/c1-12(13-3-7-15(19)8-4-13)20-21-17(23)11-22(26(2,24)25)16-9-5-14(18)6-10-16/h3-10H,11H2,1-2H3,(H,21,23)/b20-12-. The lowest BCUT2D eigenvalue weighted by Crippen LogP contribution is -2.39. The first-order valence-corrected chi connectivity index (χ1v) is 10.5. The van der Waals surface area contributed by atoms with Gasteiger partial charge < -0.3 is 0 Å². The molecule has 0 aliphatic rings. The molecule has 0 radical (unpaired) electrons. The molecule has 1 N–H and O–H groups in total. The first kappa shape index (κ1) is 20.4. The number of anilines is 1. The van der Waals surface area contributed by atoms with E-state index in [2.05, 4.69) is 26.5 Å². The minimum Gasteiger partial charge on any atom is -0.271 e. The minimum atomic E-state index is -3.63. The third-order valence-electron chi connectivity index (χ3n) is 3.41. The molecule has 0 saturated carbocycles. The van der Waals surface area contributed by atoms with E-state index >= 15 is 0 Å². The van der Waals surface area contributed by atoms with Crippen molar-refractivity contribution in [2.24, 2.45) is 5.10 Å². The van der Waals surface area contributed by atoms with Gasteiger partial charge in [0, 0.05) is 9.50 Å². The van der Waals surface area contributed by atoms with Crippen LogP contribution in [-0.4, -0.2) is 32.8 Å². The summed E-state index contributed by atoms with van der Waals surface area (Å²) in [5.41, 5.74) is 4.14. The summed E-state index contributed by atoms with van der Waals surface area (Å²) in [5.74, 6) is -0.549. The van der Waals surface area contributed by atoms with Crippen LogP contribution >= 0.6 is 27.5 Å². The number of hydrogen-bond donors (Lipinski definition) is 1. The predicted octanol–water partition coefficient (Wildman–Crippen LogP) is 3.41. The van der Waals surface area contributed by atoms with E-state index in [1.165, 1.54) is 0 Å². The van der Waals surface area contributed by atoms with Gasteiger partial charge >= 0.3 is 0 Å². The Bertz CT molecular complexity index is 913. The number of carbonyl (C=O) groups is 1. The number of sulfonamides is 1. The number of hydrogen-bond acceptors (Lipinski definition) is 4. The molecular formula is C17H17BrClN3O3S. The molecular weight excluding hydrogens is 442 g/mol. The van der Waals surface area contributed by atoms with Crippen LogP contribution in [0.3, 0.4) is 0 Å². The second kappa shape index (κ2) is 8.66. The molecule has 2 aromatic carbocycles. The van der Waals surface area contributed by atoms with Crippen LogP contribution in [0.25, 0.3) is 0 Å². The van der Waals surface area contributed by atoms with Crippen molar-refractivity contribution in [2.75, 3.05) is 17.1 Å². The largest absolute Gasteiger partial charge is 0.271 e. The van der Waals surface area contributed by atoms with Crippen LogP contribution in [0.5, 0.6) is 0 Å². The molecule has 6 nitrogen and oxygen atoms in total. The molecule has 0 aliphatic heterocycles. The maximum Gasteiger partial charge on any atom is 0.260 e. The van der Waals surface area contributed by atoms with Crippen LogP contribution in [0.4, 0.5) is 5.69 Å². The number of rotatable bonds is 6. The SMILES string of the molecule is C/C(=N/NC(=O)CN(c1ccc(Br)cc1)S(C)(=O)=O)c1ccc(Cl)cc1. The maximum atomic E-state index is 12.2. The van der Waals surface area contributed by atoms with Gasteiger partial charge in [-0.05, 0) is 48.9 Å². The lowest BCUT2D eigenvalue weighted by Gasteiger charge is -2.21. The molecule has 0 saturated heterocycles. The number of amides is 1. The van der Waals surface area contributed by atoms with Gasteiger partial charge in [0.1, 0.15) is 6.54 Å². The van der Waals surface area contributed by atoms with Gasteiger partial charge in [-0.3, -0.25) is 9.10 Å². The summed E-state index contributed by atoms with van der Waals surface area (Å²) in [4.78, 5) is 12.2. The highest BCUT2D eigenvalue weighted by Crippen LogP contribution is 2.20. The average Bonchev–Trinajstić information content (AvgIpc) is 2.58. The second-order valence-corrected chi connectivity index (χ2v) is 8.74. The normalized spacial score (nSPS) is 11.9. The lowest BCUT2D eigenvalue weighted by atomic mass is 10.1. The van der Waals surface area contributed by atoms with Crippen LogP contribution in [0.1, 0.15) is 12.5 Å². The monoisotopic (exact) mass is 457 g/mol. The average molecular weight is 459 g/mol. The summed E-state index contributed by atoms with van der Waals surface area (Å²) < 4.78 is 25.9. The van der Waals surface area contributed by atoms with Gasteiger partial charge in [0.05, 0.1) is 17.7 Å². The quantitative estimate of drug-likeness (QED) is 0.532. The lowest BCUT2D eigenvalue weighted by molar-refractivity contribution is -0.119. The van der Waals surface area contributed by atoms with Crippen LogP contribution in [0, 0.1) is 0 Å². The van der Waals surface area contributed by atoms with E-state index in [9.17, 15) is 13.2 Å². The third-order valence-corrected chi connectivity index (χ3v) is 5.33. The summed E-state index contributed by atoms with van der Waals surface area (Å²) in [6.45, 7) is 1.35. The van der Waals surface area contributed by atoms with Crippen LogP contribution in [0.2, 0.25) is 5.02 Å². The summed E-state index contributed by atoms with van der Waals surface area (Å²) in [5, 5.41) is 4.61. The first-order chi connectivity index (χ1) is 12.2. The van der Waals surface area contributed by atoms with Crippen molar-refractivity contribution in [1.82, 2.24) is 5.43 Å². The predicted molar refractivity (Wildman–Crippen MR) is 108 cm³/mol. The van der Waals surface area contributed by atoms with Crippen molar-refractivity contribution in [1.29, 1.82) is 0 Å². The molecule has 0 aliphatic carbocycles. The number of nitrogens with one attached hydrogen (secondary N) is 1. The van der Waals surface area contributed by atoms with E-state index in [1.54, 1.807) is 55.5 Å². The fourth-order valence-corrected chi connectivity index (χ4v) is 3.32. The van der Waals surface area contributed by atoms with Gasteiger partial charge in [-0.1, -0.05) is 39.7 Å². The molecule has 0 atom stereocenters. The van der Waals surface area contributed by atoms with Crippen LogP contribution in [0.15, 0.2) is 58.1 Å². The fourth-order valence-electron chi connectivity index (χ4n) is 2.08. The summed E-state index contributed by atoms with van der Waals surface area (Å²) in [6.07, 6.45) is 1.05. The Morgan fingerprint density at radius 1 is 1.15 bits per heavy atom. The summed E-state index contributed by atoms with van der Waals surface area (Å²) in [6, 6.07) is 13.6. The number of hydrazone groups is 1. The zero-order valence-corrected chi connectivity index (χ0v) is 17.3. The smallest absolute Gasteiger partial charge is 0.260 e. The van der Waals surface area contributed by atoms with E-state index in [0.717, 1.165) is 20.6 Å². The topological polar surface area (TPSA) is 78.8 Å². The zero-order chi connectivity index (χ0) is 19.3. The summed E-state index contributed by atoms with van der Waals surface area (Å²) >= 11 is 9.13. The molecule has 2 aromatic rings. The van der Waals surface area contributed by atoms with E-state index in [-0.39, 0.29) is 6.54 Å².